The molecule has 2 rings (SSSR count). The lowest BCUT2D eigenvalue weighted by atomic mass is 10.1. The number of benzene rings is 1. The van der Waals surface area contributed by atoms with Crippen LogP contribution in [0.3, 0.4) is 0 Å². The summed E-state index contributed by atoms with van der Waals surface area (Å²) in [6.45, 7) is 5.02. The Morgan fingerprint density at radius 1 is 1.41 bits per heavy atom. The molecule has 17 heavy (non-hydrogen) atoms. The van der Waals surface area contributed by atoms with Crippen LogP contribution in [0.4, 0.5) is 4.39 Å². The van der Waals surface area contributed by atoms with Gasteiger partial charge in [-0.1, -0.05) is 6.92 Å². The Bertz CT molecular complexity index is 394. The first kappa shape index (κ1) is 12.4. The van der Waals surface area contributed by atoms with E-state index in [4.69, 9.17) is 0 Å². The van der Waals surface area contributed by atoms with E-state index in [2.05, 4.69) is 18.7 Å². The summed E-state index contributed by atoms with van der Waals surface area (Å²) in [5, 5.41) is 9.75. The number of phenols is 1. The Kier molecular flexibility index (Phi) is 3.67. The summed E-state index contributed by atoms with van der Waals surface area (Å²) in [5.41, 5.74) is 0.692. The standard InChI is InChI=1S/C14H20FNO/c1-3-13-6-4-10(2)16(13)9-11-8-12(15)5-7-14(11)17/h5,7-8,10,13,17H,3-4,6,9H2,1-2H3. The third kappa shape index (κ3) is 2.60. The molecule has 0 spiro atoms. The third-order valence-corrected chi connectivity index (χ3v) is 3.82. The third-order valence-electron chi connectivity index (χ3n) is 3.82. The first-order valence-electron chi connectivity index (χ1n) is 6.35. The van der Waals surface area contributed by atoms with Crippen LogP contribution in [0.15, 0.2) is 18.2 Å². The van der Waals surface area contributed by atoms with Crippen molar-refractivity contribution in [2.75, 3.05) is 0 Å². The maximum absolute atomic E-state index is 13.2. The highest BCUT2D eigenvalue weighted by Gasteiger charge is 2.29. The molecule has 1 heterocycles. The molecule has 1 fully saturated rings. The van der Waals surface area contributed by atoms with E-state index in [1.54, 1.807) is 0 Å². The highest BCUT2D eigenvalue weighted by atomic mass is 19.1. The average Bonchev–Trinajstić information content (AvgIpc) is 2.65. The molecule has 3 heteroatoms. The van der Waals surface area contributed by atoms with Gasteiger partial charge in [0, 0.05) is 24.2 Å². The van der Waals surface area contributed by atoms with E-state index in [9.17, 15) is 9.50 Å². The van der Waals surface area contributed by atoms with E-state index in [0.717, 1.165) is 6.42 Å². The molecule has 1 aromatic carbocycles. The van der Waals surface area contributed by atoms with Crippen molar-refractivity contribution >= 4 is 0 Å². The van der Waals surface area contributed by atoms with Gasteiger partial charge in [0.25, 0.3) is 0 Å². The van der Waals surface area contributed by atoms with Crippen LogP contribution in [0, 0.1) is 5.82 Å². The summed E-state index contributed by atoms with van der Waals surface area (Å²) in [4.78, 5) is 2.37. The van der Waals surface area contributed by atoms with Gasteiger partial charge in [0.05, 0.1) is 0 Å². The minimum Gasteiger partial charge on any atom is -0.508 e. The fourth-order valence-electron chi connectivity index (χ4n) is 2.73. The van der Waals surface area contributed by atoms with Crippen LogP contribution in [0.2, 0.25) is 0 Å². The van der Waals surface area contributed by atoms with Crippen LogP contribution < -0.4 is 0 Å². The number of hydrogen-bond acceptors (Lipinski definition) is 2. The van der Waals surface area contributed by atoms with Crippen LogP contribution in [-0.2, 0) is 6.54 Å². The van der Waals surface area contributed by atoms with Gasteiger partial charge in [-0.15, -0.1) is 0 Å². The Labute approximate surface area is 102 Å². The largest absolute Gasteiger partial charge is 0.508 e. The first-order valence-corrected chi connectivity index (χ1v) is 6.35. The van der Waals surface area contributed by atoms with E-state index in [0.29, 0.717) is 24.2 Å². The van der Waals surface area contributed by atoms with Gasteiger partial charge in [0.2, 0.25) is 0 Å². The lowest BCUT2D eigenvalue weighted by Gasteiger charge is -2.28. The van der Waals surface area contributed by atoms with Crippen LogP contribution in [0.25, 0.3) is 0 Å². The van der Waals surface area contributed by atoms with Gasteiger partial charge in [0.1, 0.15) is 11.6 Å². The van der Waals surface area contributed by atoms with Crippen LogP contribution in [0.1, 0.15) is 38.7 Å². The van der Waals surface area contributed by atoms with Gasteiger partial charge in [-0.25, -0.2) is 4.39 Å². The van der Waals surface area contributed by atoms with Gasteiger partial charge in [-0.2, -0.15) is 0 Å². The summed E-state index contributed by atoms with van der Waals surface area (Å²) in [6.07, 6.45) is 3.50. The summed E-state index contributed by atoms with van der Waals surface area (Å²) < 4.78 is 13.2. The second-order valence-electron chi connectivity index (χ2n) is 4.93. The second kappa shape index (κ2) is 5.05. The zero-order valence-electron chi connectivity index (χ0n) is 10.5. The molecule has 1 aliphatic rings. The Morgan fingerprint density at radius 2 is 2.18 bits per heavy atom. The molecule has 1 aromatic rings. The van der Waals surface area contributed by atoms with Gasteiger partial charge >= 0.3 is 0 Å². The molecule has 1 aliphatic heterocycles. The van der Waals surface area contributed by atoms with Crippen molar-refractivity contribution in [1.82, 2.24) is 4.90 Å². The zero-order chi connectivity index (χ0) is 12.4. The topological polar surface area (TPSA) is 23.5 Å². The quantitative estimate of drug-likeness (QED) is 0.872. The van der Waals surface area contributed by atoms with E-state index >= 15 is 0 Å². The molecule has 0 bridgehead atoms. The number of aromatic hydroxyl groups is 1. The molecule has 2 unspecified atom stereocenters. The maximum atomic E-state index is 13.2. The molecule has 0 aliphatic carbocycles. The molecule has 0 saturated carbocycles. The zero-order valence-corrected chi connectivity index (χ0v) is 10.5. The fourth-order valence-corrected chi connectivity index (χ4v) is 2.73. The van der Waals surface area contributed by atoms with Gasteiger partial charge < -0.3 is 5.11 Å². The molecule has 0 amide bonds. The highest BCUT2D eigenvalue weighted by molar-refractivity contribution is 5.32. The molecule has 0 radical (unpaired) electrons. The number of halogens is 1. The molecule has 1 N–H and O–H groups in total. The van der Waals surface area contributed by atoms with Crippen molar-refractivity contribution in [2.24, 2.45) is 0 Å². The lowest BCUT2D eigenvalue weighted by Crippen LogP contribution is -2.33. The minimum absolute atomic E-state index is 0.195. The van der Waals surface area contributed by atoms with E-state index < -0.39 is 0 Å². The molecular weight excluding hydrogens is 217 g/mol. The molecular formula is C14H20FNO. The molecule has 94 valence electrons. The summed E-state index contributed by atoms with van der Waals surface area (Å²) >= 11 is 0. The molecule has 2 atom stereocenters. The van der Waals surface area contributed by atoms with Gasteiger partial charge in [0.15, 0.2) is 0 Å². The lowest BCUT2D eigenvalue weighted by molar-refractivity contribution is 0.187. The second-order valence-corrected chi connectivity index (χ2v) is 4.93. The van der Waals surface area contributed by atoms with E-state index in [1.165, 1.54) is 31.0 Å². The highest BCUT2D eigenvalue weighted by Crippen LogP contribution is 2.30. The van der Waals surface area contributed by atoms with Crippen molar-refractivity contribution in [3.8, 4) is 5.75 Å². The number of nitrogens with zero attached hydrogens (tertiary/aromatic N) is 1. The monoisotopic (exact) mass is 237 g/mol. The maximum Gasteiger partial charge on any atom is 0.123 e. The van der Waals surface area contributed by atoms with Crippen molar-refractivity contribution in [2.45, 2.75) is 51.7 Å². The summed E-state index contributed by atoms with van der Waals surface area (Å²) in [7, 11) is 0. The van der Waals surface area contributed by atoms with Crippen molar-refractivity contribution in [3.63, 3.8) is 0 Å². The molecule has 2 nitrogen and oxygen atoms in total. The average molecular weight is 237 g/mol. The smallest absolute Gasteiger partial charge is 0.123 e. The Hall–Kier alpha value is -1.09. The van der Waals surface area contributed by atoms with Crippen molar-refractivity contribution in [1.29, 1.82) is 0 Å². The Morgan fingerprint density at radius 3 is 2.88 bits per heavy atom. The van der Waals surface area contributed by atoms with Crippen LogP contribution >= 0.6 is 0 Å². The summed E-state index contributed by atoms with van der Waals surface area (Å²) in [5.74, 6) is -0.0851. The predicted molar refractivity (Wildman–Crippen MR) is 66.4 cm³/mol. The SMILES string of the molecule is CCC1CCC(C)N1Cc1cc(F)ccc1O. The van der Waals surface area contributed by atoms with Crippen LogP contribution in [-0.4, -0.2) is 22.1 Å². The fraction of sp³-hybridized carbons (Fsp3) is 0.571. The van der Waals surface area contributed by atoms with Gasteiger partial charge in [-0.05, 0) is 44.4 Å². The van der Waals surface area contributed by atoms with Crippen LogP contribution in [0.5, 0.6) is 5.75 Å². The molecule has 1 saturated heterocycles. The first-order chi connectivity index (χ1) is 8.11. The number of hydrogen-bond donors (Lipinski definition) is 1. The minimum atomic E-state index is -0.280. The number of phenolic OH excluding ortho intramolecular Hbond substituents is 1. The molecule has 0 aromatic heterocycles. The van der Waals surface area contributed by atoms with Crippen molar-refractivity contribution < 1.29 is 9.50 Å². The summed E-state index contributed by atoms with van der Waals surface area (Å²) in [6, 6.07) is 5.25. The Balaban J connectivity index is 2.16. The van der Waals surface area contributed by atoms with Gasteiger partial charge in [-0.3, -0.25) is 4.90 Å². The number of rotatable bonds is 3. The van der Waals surface area contributed by atoms with E-state index in [-0.39, 0.29) is 11.6 Å². The normalized spacial score (nSPS) is 25.4. The van der Waals surface area contributed by atoms with E-state index in [1.807, 2.05) is 0 Å². The van der Waals surface area contributed by atoms with Crippen molar-refractivity contribution in [3.05, 3.63) is 29.6 Å². The number of likely N-dealkylation sites (tertiary alicyclic amines) is 1. The predicted octanol–water partition coefficient (Wildman–Crippen LogP) is 3.29.